The Morgan fingerprint density at radius 3 is 2.38 bits per heavy atom. The summed E-state index contributed by atoms with van der Waals surface area (Å²) >= 11 is 1.62. The Morgan fingerprint density at radius 1 is 1.29 bits per heavy atom. The zero-order valence-corrected chi connectivity index (χ0v) is 13.9. The van der Waals surface area contributed by atoms with E-state index in [-0.39, 0.29) is 24.5 Å². The van der Waals surface area contributed by atoms with Crippen LogP contribution in [0, 0.1) is 0 Å². The van der Waals surface area contributed by atoms with E-state index in [9.17, 15) is 9.59 Å². The van der Waals surface area contributed by atoms with Gasteiger partial charge in [0.25, 0.3) is 0 Å². The Balaban J connectivity index is 2.84. The maximum Gasteiger partial charge on any atom is 0.320 e. The molecular weight excluding hydrogens is 288 g/mol. The van der Waals surface area contributed by atoms with Gasteiger partial charge in [0.1, 0.15) is 0 Å². The van der Waals surface area contributed by atoms with Crippen LogP contribution in [0.25, 0.3) is 0 Å². The van der Waals surface area contributed by atoms with Gasteiger partial charge in [0, 0.05) is 23.5 Å². The van der Waals surface area contributed by atoms with E-state index >= 15 is 0 Å². The summed E-state index contributed by atoms with van der Waals surface area (Å²) in [6, 6.07) is 3.61. The van der Waals surface area contributed by atoms with Gasteiger partial charge in [-0.2, -0.15) is 0 Å². The van der Waals surface area contributed by atoms with Crippen molar-refractivity contribution >= 4 is 23.3 Å². The number of rotatable bonds is 7. The number of carbonyl (C=O) groups is 2. The topological polar surface area (TPSA) is 60.9 Å². The van der Waals surface area contributed by atoms with Crippen LogP contribution in [0.4, 0.5) is 4.79 Å². The minimum Gasteiger partial charge on any atom is -0.481 e. The van der Waals surface area contributed by atoms with E-state index in [0.29, 0.717) is 13.1 Å². The van der Waals surface area contributed by atoms with Gasteiger partial charge in [-0.1, -0.05) is 6.07 Å². The van der Waals surface area contributed by atoms with E-state index in [1.54, 1.807) is 28.1 Å². The average molecular weight is 312 g/mol. The van der Waals surface area contributed by atoms with Crippen LogP contribution < -0.4 is 0 Å². The Hall–Kier alpha value is -1.56. The molecule has 1 N–H and O–H groups in total. The SMILES string of the molecule is CCN(C(=O)N(Cc1cccs1)C(C)C)C(C)CC(=O)O. The monoisotopic (exact) mass is 312 g/mol. The number of hydrogen-bond donors (Lipinski definition) is 1. The predicted octanol–water partition coefficient (Wildman–Crippen LogP) is 3.26. The van der Waals surface area contributed by atoms with E-state index in [4.69, 9.17) is 5.11 Å². The largest absolute Gasteiger partial charge is 0.481 e. The Morgan fingerprint density at radius 2 is 1.95 bits per heavy atom. The molecule has 0 saturated heterocycles. The molecule has 1 unspecified atom stereocenters. The van der Waals surface area contributed by atoms with Crippen molar-refractivity contribution in [3.63, 3.8) is 0 Å². The van der Waals surface area contributed by atoms with Crippen molar-refractivity contribution < 1.29 is 14.7 Å². The number of amides is 2. The highest BCUT2D eigenvalue weighted by atomic mass is 32.1. The molecule has 0 aliphatic carbocycles. The molecule has 0 saturated carbocycles. The Kier molecular flexibility index (Phi) is 6.68. The van der Waals surface area contributed by atoms with Crippen LogP contribution in [-0.4, -0.2) is 45.5 Å². The van der Waals surface area contributed by atoms with Gasteiger partial charge in [-0.3, -0.25) is 4.79 Å². The van der Waals surface area contributed by atoms with E-state index in [2.05, 4.69) is 0 Å². The van der Waals surface area contributed by atoms with Gasteiger partial charge in [-0.25, -0.2) is 4.79 Å². The average Bonchev–Trinajstić information content (AvgIpc) is 2.88. The van der Waals surface area contributed by atoms with Crippen molar-refractivity contribution in [1.29, 1.82) is 0 Å². The number of carbonyl (C=O) groups excluding carboxylic acids is 1. The highest BCUT2D eigenvalue weighted by molar-refractivity contribution is 7.09. The third-order valence-electron chi connectivity index (χ3n) is 3.36. The molecular formula is C15H24N2O3S. The summed E-state index contributed by atoms with van der Waals surface area (Å²) in [6.45, 7) is 8.66. The third kappa shape index (κ3) is 5.04. The van der Waals surface area contributed by atoms with E-state index in [1.165, 1.54) is 0 Å². The van der Waals surface area contributed by atoms with E-state index in [1.807, 2.05) is 38.3 Å². The van der Waals surface area contributed by atoms with Crippen molar-refractivity contribution in [2.75, 3.05) is 6.54 Å². The third-order valence-corrected chi connectivity index (χ3v) is 4.22. The first-order chi connectivity index (χ1) is 9.86. The smallest absolute Gasteiger partial charge is 0.320 e. The quantitative estimate of drug-likeness (QED) is 0.840. The maximum absolute atomic E-state index is 12.7. The summed E-state index contributed by atoms with van der Waals surface area (Å²) in [5.41, 5.74) is 0. The summed E-state index contributed by atoms with van der Waals surface area (Å²) in [6.07, 6.45) is -0.0372. The lowest BCUT2D eigenvalue weighted by Gasteiger charge is -2.35. The number of carboxylic acids is 1. The van der Waals surface area contributed by atoms with Crippen LogP contribution in [0.15, 0.2) is 17.5 Å². The van der Waals surface area contributed by atoms with Crippen molar-refractivity contribution in [1.82, 2.24) is 9.80 Å². The molecule has 0 spiro atoms. The highest BCUT2D eigenvalue weighted by Crippen LogP contribution is 2.17. The van der Waals surface area contributed by atoms with Gasteiger partial charge in [-0.15, -0.1) is 11.3 Å². The van der Waals surface area contributed by atoms with Crippen LogP contribution in [0.3, 0.4) is 0 Å². The molecule has 0 fully saturated rings. The molecule has 0 aliphatic heterocycles. The molecule has 0 bridgehead atoms. The Bertz CT molecular complexity index is 459. The minimum absolute atomic E-state index is 0.0372. The molecule has 0 radical (unpaired) electrons. The van der Waals surface area contributed by atoms with Crippen LogP contribution in [0.1, 0.15) is 39.0 Å². The van der Waals surface area contributed by atoms with Gasteiger partial charge >= 0.3 is 12.0 Å². The normalized spacial score (nSPS) is 12.2. The standard InChI is InChI=1S/C15H24N2O3S/c1-5-16(12(4)9-14(18)19)15(20)17(11(2)3)10-13-7-6-8-21-13/h6-8,11-12H,5,9-10H2,1-4H3,(H,18,19). The van der Waals surface area contributed by atoms with Gasteiger partial charge in [0.05, 0.1) is 13.0 Å². The lowest BCUT2D eigenvalue weighted by molar-refractivity contribution is -0.138. The first kappa shape index (κ1) is 17.5. The second-order valence-corrected chi connectivity index (χ2v) is 6.35. The van der Waals surface area contributed by atoms with Crippen LogP contribution >= 0.6 is 11.3 Å². The fourth-order valence-electron chi connectivity index (χ4n) is 2.20. The molecule has 6 heteroatoms. The number of hydrogen-bond acceptors (Lipinski definition) is 3. The summed E-state index contributed by atoms with van der Waals surface area (Å²) in [4.78, 5) is 28.1. The molecule has 118 valence electrons. The molecule has 1 atom stereocenters. The highest BCUT2D eigenvalue weighted by Gasteiger charge is 2.27. The van der Waals surface area contributed by atoms with Crippen LogP contribution in [0.2, 0.25) is 0 Å². The Labute approximate surface area is 130 Å². The molecule has 5 nitrogen and oxygen atoms in total. The fourth-order valence-corrected chi connectivity index (χ4v) is 2.91. The molecule has 0 aromatic carbocycles. The molecule has 1 aromatic heterocycles. The molecule has 1 rings (SSSR count). The van der Waals surface area contributed by atoms with Crippen LogP contribution in [0.5, 0.6) is 0 Å². The zero-order chi connectivity index (χ0) is 16.0. The second-order valence-electron chi connectivity index (χ2n) is 5.32. The van der Waals surface area contributed by atoms with E-state index < -0.39 is 5.97 Å². The zero-order valence-electron chi connectivity index (χ0n) is 13.1. The molecule has 2 amide bonds. The first-order valence-electron chi connectivity index (χ1n) is 7.18. The van der Waals surface area contributed by atoms with Gasteiger partial charge in [-0.05, 0) is 39.1 Å². The maximum atomic E-state index is 12.7. The summed E-state index contributed by atoms with van der Waals surface area (Å²) in [5.74, 6) is -0.886. The number of urea groups is 1. The predicted molar refractivity (Wildman–Crippen MR) is 84.5 cm³/mol. The van der Waals surface area contributed by atoms with Gasteiger partial charge in [0.2, 0.25) is 0 Å². The van der Waals surface area contributed by atoms with Crippen molar-refractivity contribution in [3.8, 4) is 0 Å². The lowest BCUT2D eigenvalue weighted by Crippen LogP contribution is -2.49. The molecule has 1 heterocycles. The first-order valence-corrected chi connectivity index (χ1v) is 8.06. The second kappa shape index (κ2) is 8.02. The van der Waals surface area contributed by atoms with Gasteiger partial charge < -0.3 is 14.9 Å². The van der Waals surface area contributed by atoms with Gasteiger partial charge in [0.15, 0.2) is 0 Å². The summed E-state index contributed by atoms with van der Waals surface area (Å²) in [5, 5.41) is 10.9. The summed E-state index contributed by atoms with van der Waals surface area (Å²) < 4.78 is 0. The minimum atomic E-state index is -0.886. The summed E-state index contributed by atoms with van der Waals surface area (Å²) in [7, 11) is 0. The number of aliphatic carboxylic acids is 1. The fraction of sp³-hybridized carbons (Fsp3) is 0.600. The van der Waals surface area contributed by atoms with Crippen molar-refractivity contribution in [3.05, 3.63) is 22.4 Å². The molecule has 21 heavy (non-hydrogen) atoms. The number of thiophene rings is 1. The molecule has 0 aliphatic rings. The van der Waals surface area contributed by atoms with E-state index in [0.717, 1.165) is 4.88 Å². The lowest BCUT2D eigenvalue weighted by atomic mass is 10.2. The van der Waals surface area contributed by atoms with Crippen molar-refractivity contribution in [2.45, 2.75) is 52.7 Å². The number of carboxylic acid groups (broad SMARTS) is 1. The number of nitrogens with zero attached hydrogens (tertiary/aromatic N) is 2. The van der Waals surface area contributed by atoms with Crippen molar-refractivity contribution in [2.24, 2.45) is 0 Å². The molecule has 1 aromatic rings. The van der Waals surface area contributed by atoms with Crippen LogP contribution in [-0.2, 0) is 11.3 Å².